The molecule has 0 bridgehead atoms. The first-order valence-electron chi connectivity index (χ1n) is 7.75. The predicted molar refractivity (Wildman–Crippen MR) is 95.4 cm³/mol. The molecule has 0 spiro atoms. The third-order valence-corrected chi connectivity index (χ3v) is 3.86. The van der Waals surface area contributed by atoms with Crippen LogP contribution in [0.2, 0.25) is 0 Å². The van der Waals surface area contributed by atoms with Gasteiger partial charge in [0.2, 0.25) is 5.91 Å². The summed E-state index contributed by atoms with van der Waals surface area (Å²) < 4.78 is 13.8. The highest BCUT2D eigenvalue weighted by molar-refractivity contribution is 6.05. The number of carbonyl (C=O) groups is 2. The van der Waals surface area contributed by atoms with Crippen LogP contribution in [0.15, 0.2) is 72.8 Å². The number of hydrogen-bond acceptors (Lipinski definition) is 3. The molecule has 0 aromatic heterocycles. The first kappa shape index (κ1) is 17.3. The molecule has 0 unspecified atom stereocenters. The summed E-state index contributed by atoms with van der Waals surface area (Å²) in [4.78, 5) is 23.8. The third kappa shape index (κ3) is 3.45. The fourth-order valence-electron chi connectivity index (χ4n) is 2.54. The zero-order valence-corrected chi connectivity index (χ0v) is 13.6. The molecule has 3 aromatic carbocycles. The number of primary amides is 1. The van der Waals surface area contributed by atoms with E-state index in [9.17, 15) is 19.2 Å². The van der Waals surface area contributed by atoms with Crippen molar-refractivity contribution >= 4 is 17.5 Å². The monoisotopic (exact) mass is 350 g/mol. The average Bonchev–Trinajstić information content (AvgIpc) is 2.67. The Morgan fingerprint density at radius 1 is 0.846 bits per heavy atom. The molecular weight excluding hydrogens is 335 g/mol. The van der Waals surface area contributed by atoms with Crippen LogP contribution in [0, 0.1) is 5.82 Å². The van der Waals surface area contributed by atoms with Crippen molar-refractivity contribution in [3.05, 3.63) is 89.7 Å². The van der Waals surface area contributed by atoms with Crippen LogP contribution in [-0.4, -0.2) is 17.0 Å². The number of nitrogens with zero attached hydrogens (tertiary/aromatic N) is 1. The summed E-state index contributed by atoms with van der Waals surface area (Å²) >= 11 is 0. The molecule has 2 amide bonds. The van der Waals surface area contributed by atoms with Gasteiger partial charge in [-0.25, -0.2) is 4.39 Å². The summed E-state index contributed by atoms with van der Waals surface area (Å²) in [6.45, 7) is 0. The summed E-state index contributed by atoms with van der Waals surface area (Å²) in [5.41, 5.74) is 6.90. The first-order chi connectivity index (χ1) is 12.5. The van der Waals surface area contributed by atoms with Crippen LogP contribution in [0.25, 0.3) is 11.1 Å². The molecule has 0 saturated carbocycles. The van der Waals surface area contributed by atoms with Crippen molar-refractivity contribution in [2.45, 2.75) is 0 Å². The number of nitrogens with two attached hydrogens (primary N) is 1. The number of anilines is 1. The number of hydrogen-bond donors (Lipinski definition) is 2. The van der Waals surface area contributed by atoms with Crippen molar-refractivity contribution in [1.82, 2.24) is 0 Å². The van der Waals surface area contributed by atoms with Gasteiger partial charge in [-0.2, -0.15) is 5.06 Å². The number of rotatable bonds is 4. The van der Waals surface area contributed by atoms with E-state index in [1.807, 2.05) is 0 Å². The molecule has 3 rings (SSSR count). The first-order valence-corrected chi connectivity index (χ1v) is 7.75. The van der Waals surface area contributed by atoms with Crippen LogP contribution in [0.4, 0.5) is 10.1 Å². The highest BCUT2D eigenvalue weighted by atomic mass is 19.1. The van der Waals surface area contributed by atoms with Crippen molar-refractivity contribution in [3.63, 3.8) is 0 Å². The minimum Gasteiger partial charge on any atom is -0.366 e. The van der Waals surface area contributed by atoms with E-state index in [2.05, 4.69) is 0 Å². The van der Waals surface area contributed by atoms with Gasteiger partial charge in [-0.3, -0.25) is 14.8 Å². The molecule has 0 fully saturated rings. The van der Waals surface area contributed by atoms with E-state index >= 15 is 0 Å². The molecule has 0 radical (unpaired) electrons. The lowest BCUT2D eigenvalue weighted by Crippen LogP contribution is -2.27. The Morgan fingerprint density at radius 3 is 2.04 bits per heavy atom. The van der Waals surface area contributed by atoms with Crippen LogP contribution in [0.3, 0.4) is 0 Å². The van der Waals surface area contributed by atoms with Gasteiger partial charge in [0.05, 0.1) is 0 Å². The van der Waals surface area contributed by atoms with Crippen molar-refractivity contribution in [3.8, 4) is 11.1 Å². The number of hydroxylamine groups is 1. The number of halogens is 1. The van der Waals surface area contributed by atoms with Gasteiger partial charge in [0, 0.05) is 11.1 Å². The van der Waals surface area contributed by atoms with E-state index in [0.717, 1.165) is 6.07 Å². The largest absolute Gasteiger partial charge is 0.366 e. The fourth-order valence-corrected chi connectivity index (χ4v) is 2.54. The highest BCUT2D eigenvalue weighted by Gasteiger charge is 2.19. The molecule has 0 aliphatic heterocycles. The van der Waals surface area contributed by atoms with Crippen LogP contribution in [0.1, 0.15) is 20.7 Å². The maximum absolute atomic E-state index is 13.8. The molecule has 26 heavy (non-hydrogen) atoms. The second-order valence-electron chi connectivity index (χ2n) is 5.59. The fraction of sp³-hybridized carbons (Fsp3) is 0. The van der Waals surface area contributed by atoms with Gasteiger partial charge in [0.1, 0.15) is 11.5 Å². The maximum Gasteiger partial charge on any atom is 0.282 e. The minimum atomic E-state index is -0.775. The number of amides is 2. The Labute approximate surface area is 149 Å². The summed E-state index contributed by atoms with van der Waals surface area (Å²) in [7, 11) is 0. The predicted octanol–water partition coefficient (Wildman–Crippen LogP) is 3.63. The Morgan fingerprint density at radius 2 is 1.42 bits per heavy atom. The minimum absolute atomic E-state index is 0.165. The second-order valence-corrected chi connectivity index (χ2v) is 5.59. The van der Waals surface area contributed by atoms with E-state index in [1.54, 1.807) is 42.5 Å². The Balaban J connectivity index is 1.94. The normalized spacial score (nSPS) is 10.4. The molecule has 6 heteroatoms. The SMILES string of the molecule is NC(=O)c1cccc(-c2cccc(C(=O)N(O)c3ccccc3F)c2)c1. The number of carbonyl (C=O) groups excluding carboxylic acids is 2. The average molecular weight is 350 g/mol. The van der Waals surface area contributed by atoms with Gasteiger partial charge < -0.3 is 5.73 Å². The van der Waals surface area contributed by atoms with E-state index in [-0.39, 0.29) is 16.3 Å². The molecule has 130 valence electrons. The van der Waals surface area contributed by atoms with Gasteiger partial charge in [0.25, 0.3) is 5.91 Å². The summed E-state index contributed by atoms with van der Waals surface area (Å²) in [6.07, 6.45) is 0. The van der Waals surface area contributed by atoms with E-state index in [4.69, 9.17) is 5.73 Å². The molecule has 0 aliphatic carbocycles. The lowest BCUT2D eigenvalue weighted by atomic mass is 10.0. The summed E-state index contributed by atoms with van der Waals surface area (Å²) in [5, 5.41) is 10.4. The molecular formula is C20H15FN2O3. The number of benzene rings is 3. The maximum atomic E-state index is 13.8. The lowest BCUT2D eigenvalue weighted by Gasteiger charge is -2.16. The van der Waals surface area contributed by atoms with Crippen LogP contribution in [0.5, 0.6) is 0 Å². The molecule has 0 aliphatic rings. The van der Waals surface area contributed by atoms with Crippen molar-refractivity contribution < 1.29 is 19.2 Å². The Bertz CT molecular complexity index is 988. The van der Waals surface area contributed by atoms with Crippen molar-refractivity contribution in [1.29, 1.82) is 0 Å². The standard InChI is InChI=1S/C20H15FN2O3/c21-17-9-1-2-10-18(17)23(26)20(25)16-8-4-6-14(12-16)13-5-3-7-15(11-13)19(22)24/h1-12,26H,(H2,22,24). The second kappa shape index (κ2) is 7.16. The zero-order valence-electron chi connectivity index (χ0n) is 13.6. The van der Waals surface area contributed by atoms with Crippen molar-refractivity contribution in [2.75, 3.05) is 5.06 Å². The number of para-hydroxylation sites is 1. The smallest absolute Gasteiger partial charge is 0.282 e. The summed E-state index contributed by atoms with van der Waals surface area (Å²) in [6, 6.07) is 18.5. The van der Waals surface area contributed by atoms with Crippen LogP contribution in [-0.2, 0) is 0 Å². The van der Waals surface area contributed by atoms with Gasteiger partial charge in [-0.05, 0) is 47.5 Å². The summed E-state index contributed by atoms with van der Waals surface area (Å²) in [5.74, 6) is -2.04. The Kier molecular flexibility index (Phi) is 4.77. The molecule has 3 aromatic rings. The molecule has 5 nitrogen and oxygen atoms in total. The third-order valence-electron chi connectivity index (χ3n) is 3.86. The molecule has 0 saturated heterocycles. The topological polar surface area (TPSA) is 83.6 Å². The van der Waals surface area contributed by atoms with E-state index in [0.29, 0.717) is 16.7 Å². The van der Waals surface area contributed by atoms with E-state index in [1.165, 1.54) is 24.3 Å². The van der Waals surface area contributed by atoms with Gasteiger partial charge in [0.15, 0.2) is 0 Å². The lowest BCUT2D eigenvalue weighted by molar-refractivity contribution is 0.0851. The van der Waals surface area contributed by atoms with Crippen LogP contribution < -0.4 is 10.8 Å². The quantitative estimate of drug-likeness (QED) is 0.557. The molecule has 0 heterocycles. The van der Waals surface area contributed by atoms with Gasteiger partial charge >= 0.3 is 0 Å². The van der Waals surface area contributed by atoms with Gasteiger partial charge in [-0.1, -0.05) is 36.4 Å². The Hall–Kier alpha value is -3.51. The highest BCUT2D eigenvalue weighted by Crippen LogP contribution is 2.24. The van der Waals surface area contributed by atoms with Gasteiger partial charge in [-0.15, -0.1) is 0 Å². The molecule has 0 atom stereocenters. The zero-order chi connectivity index (χ0) is 18.7. The molecule has 3 N–H and O–H groups in total. The van der Waals surface area contributed by atoms with Crippen LogP contribution >= 0.6 is 0 Å². The van der Waals surface area contributed by atoms with E-state index < -0.39 is 17.6 Å². The van der Waals surface area contributed by atoms with Crippen molar-refractivity contribution in [2.24, 2.45) is 5.73 Å².